The summed E-state index contributed by atoms with van der Waals surface area (Å²) < 4.78 is 9.53. The normalized spacial score (nSPS) is 15.6. The van der Waals surface area contributed by atoms with Crippen molar-refractivity contribution in [1.82, 2.24) is 0 Å². The highest BCUT2D eigenvalue weighted by atomic mass is 32.1. The molecule has 0 aliphatic carbocycles. The Labute approximate surface area is 38.4 Å². The average Bonchev–Trinajstić information content (AvgIpc) is 1.38. The van der Waals surface area contributed by atoms with Gasteiger partial charge >= 0.3 is 0 Å². The van der Waals surface area contributed by atoms with Gasteiger partial charge in [-0.25, -0.2) is 0 Å². The molecule has 0 aromatic heterocycles. The van der Waals surface area contributed by atoms with Crippen molar-refractivity contribution in [2.24, 2.45) is 0 Å². The van der Waals surface area contributed by atoms with Gasteiger partial charge in [0, 0.05) is 0 Å². The fraction of sp³-hybridized carbons (Fsp3) is 1.00. The van der Waals surface area contributed by atoms with E-state index in [1.54, 1.807) is 6.92 Å². The summed E-state index contributed by atoms with van der Waals surface area (Å²) in [5, 5.41) is 0. The molecule has 0 aliphatic heterocycles. The van der Waals surface area contributed by atoms with Crippen molar-refractivity contribution in [3.8, 4) is 0 Å². The van der Waals surface area contributed by atoms with Crippen LogP contribution in [0.25, 0.3) is 0 Å². The summed E-state index contributed by atoms with van der Waals surface area (Å²) in [4.78, 5) is -0.00463. The summed E-state index contributed by atoms with van der Waals surface area (Å²) in [7, 11) is 0.111. The van der Waals surface area contributed by atoms with Gasteiger partial charge in [0.25, 0.3) is 0 Å². The van der Waals surface area contributed by atoms with Gasteiger partial charge in [-0.15, -0.1) is 0 Å². The predicted molar refractivity (Wildman–Crippen MR) is 26.1 cm³/mol. The molecule has 0 aliphatic rings. The molecule has 1 unspecified atom stereocenters. The Morgan fingerprint density at radius 2 is 2.20 bits per heavy atom. The second-order valence-corrected chi connectivity index (χ2v) is 2.90. The zero-order valence-corrected chi connectivity index (χ0v) is 4.67. The first kappa shape index (κ1) is 5.45. The summed E-state index contributed by atoms with van der Waals surface area (Å²) in [6, 6.07) is 0. The topological polar surface area (TPSA) is 17.1 Å². The minimum Gasteiger partial charge on any atom is -0.274 e. The van der Waals surface area contributed by atoms with Crippen LogP contribution < -0.4 is 0 Å². The summed E-state index contributed by atoms with van der Waals surface area (Å²) in [6.07, 6.45) is 0. The molecule has 0 saturated heterocycles. The molecule has 0 heterocycles. The molecule has 0 aromatic carbocycles. The lowest BCUT2D eigenvalue weighted by Gasteiger charge is -1.76. The quantitative estimate of drug-likeness (QED) is 0.398. The second-order valence-electron chi connectivity index (χ2n) is 0.737. The van der Waals surface area contributed by atoms with Gasteiger partial charge in [0.1, 0.15) is 0 Å². The van der Waals surface area contributed by atoms with Crippen LogP contribution >= 0.6 is 21.1 Å². The maximum absolute atomic E-state index is 9.53. The van der Waals surface area contributed by atoms with E-state index in [-0.39, 0.29) is 13.5 Å². The molecule has 0 rings (SSSR count). The number of thiol groups is 1. The lowest BCUT2D eigenvalue weighted by Crippen LogP contribution is -1.65. The molecule has 0 spiro atoms. The lowest BCUT2D eigenvalue weighted by molar-refractivity contribution is 0.598. The van der Waals surface area contributed by atoms with Crippen molar-refractivity contribution in [3.63, 3.8) is 0 Å². The summed E-state index contributed by atoms with van der Waals surface area (Å²) in [5.41, 5.74) is 0. The van der Waals surface area contributed by atoms with Crippen LogP contribution in [-0.4, -0.2) is 4.99 Å². The standard InChI is InChI=1S/C2H5OPS/c1-2(5)4-3/h2,5H,1H3. The van der Waals surface area contributed by atoms with Crippen molar-refractivity contribution in [3.05, 3.63) is 0 Å². The van der Waals surface area contributed by atoms with Gasteiger partial charge in [0.05, 0.1) is 4.99 Å². The fourth-order valence-corrected chi connectivity index (χ4v) is 0. The van der Waals surface area contributed by atoms with Crippen LogP contribution in [0.2, 0.25) is 0 Å². The van der Waals surface area contributed by atoms with E-state index >= 15 is 0 Å². The van der Waals surface area contributed by atoms with E-state index in [1.165, 1.54) is 0 Å². The van der Waals surface area contributed by atoms with Gasteiger partial charge in [-0.2, -0.15) is 12.6 Å². The highest BCUT2D eigenvalue weighted by molar-refractivity contribution is 7.86. The van der Waals surface area contributed by atoms with Crippen molar-refractivity contribution in [1.29, 1.82) is 0 Å². The Balaban J connectivity index is 2.83. The lowest BCUT2D eigenvalue weighted by atomic mass is 11.0. The third-order valence-electron chi connectivity index (χ3n) is 0.153. The van der Waals surface area contributed by atoms with Crippen molar-refractivity contribution < 1.29 is 4.57 Å². The van der Waals surface area contributed by atoms with E-state index in [0.717, 1.165) is 0 Å². The smallest absolute Gasteiger partial charge is 0.169 e. The van der Waals surface area contributed by atoms with E-state index in [4.69, 9.17) is 0 Å². The molecule has 0 amide bonds. The van der Waals surface area contributed by atoms with Gasteiger partial charge < -0.3 is 0 Å². The zero-order chi connectivity index (χ0) is 4.28. The summed E-state index contributed by atoms with van der Waals surface area (Å²) >= 11 is 3.77. The van der Waals surface area contributed by atoms with E-state index in [0.29, 0.717) is 0 Å². The Morgan fingerprint density at radius 1 is 2.00 bits per heavy atom. The first-order valence-electron chi connectivity index (χ1n) is 1.28. The van der Waals surface area contributed by atoms with Crippen LogP contribution in [0.5, 0.6) is 0 Å². The maximum atomic E-state index is 9.53. The average molecular weight is 108 g/mol. The maximum Gasteiger partial charge on any atom is 0.169 e. The first-order chi connectivity index (χ1) is 2.27. The molecule has 5 heavy (non-hydrogen) atoms. The molecular weight excluding hydrogens is 103 g/mol. The molecule has 30 valence electrons. The summed E-state index contributed by atoms with van der Waals surface area (Å²) in [6.45, 7) is 1.76. The highest BCUT2D eigenvalue weighted by Crippen LogP contribution is 2.06. The molecule has 0 bridgehead atoms. The third kappa shape index (κ3) is 4.45. The van der Waals surface area contributed by atoms with Crippen LogP contribution in [0.1, 0.15) is 6.92 Å². The van der Waals surface area contributed by atoms with Crippen LogP contribution in [0, 0.1) is 0 Å². The van der Waals surface area contributed by atoms with E-state index < -0.39 is 0 Å². The fourth-order valence-electron chi connectivity index (χ4n) is 0. The van der Waals surface area contributed by atoms with Gasteiger partial charge in [-0.3, -0.25) is 4.57 Å². The molecule has 3 heteroatoms. The van der Waals surface area contributed by atoms with Gasteiger partial charge in [0.15, 0.2) is 8.46 Å². The van der Waals surface area contributed by atoms with Gasteiger partial charge in [0.2, 0.25) is 0 Å². The number of hydrogen-bond donors (Lipinski definition) is 1. The van der Waals surface area contributed by atoms with E-state index in [2.05, 4.69) is 12.6 Å². The largest absolute Gasteiger partial charge is 0.274 e. The molecule has 0 N–H and O–H groups in total. The minimum atomic E-state index is -0.00463. The minimum absolute atomic E-state index is 0.00463. The first-order valence-corrected chi connectivity index (χ1v) is 2.67. The predicted octanol–water partition coefficient (Wildman–Crippen LogP) is 1.55. The Morgan fingerprint density at radius 3 is 2.20 bits per heavy atom. The SMILES string of the molecule is CC(S)P=O. The number of hydrogen-bond acceptors (Lipinski definition) is 2. The molecule has 0 aromatic rings. The van der Waals surface area contributed by atoms with Crippen LogP contribution in [0.15, 0.2) is 0 Å². The summed E-state index contributed by atoms with van der Waals surface area (Å²) in [5.74, 6) is 0. The molecule has 0 radical (unpaired) electrons. The molecule has 1 nitrogen and oxygen atoms in total. The third-order valence-corrected chi connectivity index (χ3v) is 0.740. The monoisotopic (exact) mass is 108 g/mol. The van der Waals surface area contributed by atoms with Gasteiger partial charge in [-0.1, -0.05) is 0 Å². The molecular formula is C2H5OPS. The Hall–Kier alpha value is 0.450. The van der Waals surface area contributed by atoms with Crippen LogP contribution in [0.4, 0.5) is 0 Å². The molecule has 0 fully saturated rings. The second kappa shape index (κ2) is 2.67. The van der Waals surface area contributed by atoms with Crippen molar-refractivity contribution in [2.45, 2.75) is 11.9 Å². The number of rotatable bonds is 1. The van der Waals surface area contributed by atoms with E-state index in [1.807, 2.05) is 0 Å². The van der Waals surface area contributed by atoms with Gasteiger partial charge in [-0.05, 0) is 6.92 Å². The van der Waals surface area contributed by atoms with E-state index in [9.17, 15) is 4.57 Å². The molecule has 0 saturated carbocycles. The van der Waals surface area contributed by atoms with Crippen molar-refractivity contribution >= 4 is 21.1 Å². The van der Waals surface area contributed by atoms with Crippen LogP contribution in [0.3, 0.4) is 0 Å². The Bertz CT molecular complexity index is 36.6. The van der Waals surface area contributed by atoms with Crippen molar-refractivity contribution in [2.75, 3.05) is 0 Å². The Kier molecular flexibility index (Phi) is 2.92. The highest BCUT2D eigenvalue weighted by Gasteiger charge is 1.83. The van der Waals surface area contributed by atoms with Crippen LogP contribution in [-0.2, 0) is 4.57 Å². The zero-order valence-electron chi connectivity index (χ0n) is 2.88. The molecule has 1 atom stereocenters.